The lowest BCUT2D eigenvalue weighted by Crippen LogP contribution is -2.61. The average molecular weight is 267 g/mol. The van der Waals surface area contributed by atoms with Crippen molar-refractivity contribution in [1.29, 1.82) is 0 Å². The Hall–Kier alpha value is -0.610. The largest absolute Gasteiger partial charge is 0.368 e. The molecule has 0 radical (unpaired) electrons. The number of primary amides is 1. The maximum atomic E-state index is 12.0. The Morgan fingerprint density at radius 2 is 2.21 bits per heavy atom. The maximum Gasteiger partial charge on any atom is 0.237 e. The quantitative estimate of drug-likeness (QED) is 0.796. The molecule has 19 heavy (non-hydrogen) atoms. The summed E-state index contributed by atoms with van der Waals surface area (Å²) in [7, 11) is 0. The third-order valence-corrected chi connectivity index (χ3v) is 4.98. The summed E-state index contributed by atoms with van der Waals surface area (Å²) in [5.41, 5.74) is 5.26. The van der Waals surface area contributed by atoms with Crippen LogP contribution in [0.4, 0.5) is 0 Å². The highest BCUT2D eigenvalue weighted by Gasteiger charge is 2.43. The first-order valence-corrected chi connectivity index (χ1v) is 7.90. The number of nitrogens with one attached hydrogen (secondary N) is 1. The second kappa shape index (κ2) is 6.23. The number of nitrogens with zero attached hydrogens (tertiary/aromatic N) is 1. The molecule has 2 fully saturated rings. The minimum absolute atomic E-state index is 0.155. The lowest BCUT2D eigenvalue weighted by molar-refractivity contribution is -0.126. The summed E-state index contributed by atoms with van der Waals surface area (Å²) in [4.78, 5) is 14.6. The standard InChI is InChI=1S/C15H29N3O/c1-3-9-17-15(14(16)19)8-4-7-13(11-15)18-10-5-6-12(18)2/h12-13,17H,3-11H2,1-2H3,(H2,16,19). The van der Waals surface area contributed by atoms with Crippen molar-refractivity contribution >= 4 is 5.91 Å². The van der Waals surface area contributed by atoms with Crippen LogP contribution in [-0.2, 0) is 4.79 Å². The molecule has 1 saturated carbocycles. The Morgan fingerprint density at radius 1 is 1.42 bits per heavy atom. The van der Waals surface area contributed by atoms with E-state index >= 15 is 0 Å². The van der Waals surface area contributed by atoms with Gasteiger partial charge in [-0.2, -0.15) is 0 Å². The van der Waals surface area contributed by atoms with E-state index < -0.39 is 5.54 Å². The van der Waals surface area contributed by atoms with E-state index in [1.165, 1.54) is 25.8 Å². The van der Waals surface area contributed by atoms with Crippen LogP contribution in [0.15, 0.2) is 0 Å². The Balaban J connectivity index is 2.06. The summed E-state index contributed by atoms with van der Waals surface area (Å²) in [6.07, 6.45) is 7.75. The van der Waals surface area contributed by atoms with Gasteiger partial charge in [-0.3, -0.25) is 9.69 Å². The van der Waals surface area contributed by atoms with Crippen LogP contribution in [0.5, 0.6) is 0 Å². The van der Waals surface area contributed by atoms with Gasteiger partial charge in [0.1, 0.15) is 0 Å². The predicted molar refractivity (Wildman–Crippen MR) is 77.9 cm³/mol. The molecule has 1 saturated heterocycles. The van der Waals surface area contributed by atoms with E-state index in [1.807, 2.05) is 0 Å². The van der Waals surface area contributed by atoms with Gasteiger partial charge in [-0.25, -0.2) is 0 Å². The molecule has 4 nitrogen and oxygen atoms in total. The molecule has 110 valence electrons. The number of nitrogens with two attached hydrogens (primary N) is 1. The van der Waals surface area contributed by atoms with Crippen molar-refractivity contribution in [3.05, 3.63) is 0 Å². The fraction of sp³-hybridized carbons (Fsp3) is 0.933. The molecule has 2 rings (SSSR count). The zero-order valence-electron chi connectivity index (χ0n) is 12.5. The molecule has 0 aromatic heterocycles. The number of carbonyl (C=O) groups is 1. The van der Waals surface area contributed by atoms with Crippen molar-refractivity contribution in [2.45, 2.75) is 76.4 Å². The molecular formula is C15H29N3O. The molecule has 3 atom stereocenters. The zero-order chi connectivity index (χ0) is 13.9. The van der Waals surface area contributed by atoms with Gasteiger partial charge in [0.25, 0.3) is 0 Å². The normalized spacial score (nSPS) is 36.5. The fourth-order valence-electron chi connectivity index (χ4n) is 3.86. The first-order chi connectivity index (χ1) is 9.09. The van der Waals surface area contributed by atoms with E-state index in [0.29, 0.717) is 12.1 Å². The summed E-state index contributed by atoms with van der Waals surface area (Å²) in [5, 5.41) is 3.45. The number of rotatable bonds is 5. The number of amides is 1. The van der Waals surface area contributed by atoms with Gasteiger partial charge in [0.2, 0.25) is 5.91 Å². The Labute approximate surface area is 117 Å². The summed E-state index contributed by atoms with van der Waals surface area (Å²) in [5.74, 6) is -0.155. The van der Waals surface area contributed by atoms with E-state index in [0.717, 1.165) is 32.2 Å². The van der Waals surface area contributed by atoms with Gasteiger partial charge in [0.05, 0.1) is 5.54 Å². The third-order valence-electron chi connectivity index (χ3n) is 4.98. The zero-order valence-corrected chi connectivity index (χ0v) is 12.5. The summed E-state index contributed by atoms with van der Waals surface area (Å²) in [6, 6.07) is 1.20. The predicted octanol–water partition coefficient (Wildman–Crippen LogP) is 1.64. The first kappa shape index (κ1) is 14.8. The second-order valence-electron chi connectivity index (χ2n) is 6.35. The van der Waals surface area contributed by atoms with Crippen molar-refractivity contribution in [1.82, 2.24) is 10.2 Å². The molecule has 1 heterocycles. The van der Waals surface area contributed by atoms with Crippen molar-refractivity contribution in [3.63, 3.8) is 0 Å². The number of hydrogen-bond acceptors (Lipinski definition) is 3. The Kier molecular flexibility index (Phi) is 4.85. The molecule has 0 bridgehead atoms. The van der Waals surface area contributed by atoms with Crippen LogP contribution in [0, 0.1) is 0 Å². The minimum atomic E-state index is -0.457. The van der Waals surface area contributed by atoms with Crippen molar-refractivity contribution in [3.8, 4) is 0 Å². The third kappa shape index (κ3) is 3.11. The van der Waals surface area contributed by atoms with E-state index in [9.17, 15) is 4.79 Å². The van der Waals surface area contributed by atoms with Gasteiger partial charge in [0.15, 0.2) is 0 Å². The monoisotopic (exact) mass is 267 g/mol. The van der Waals surface area contributed by atoms with Gasteiger partial charge in [-0.15, -0.1) is 0 Å². The van der Waals surface area contributed by atoms with Crippen LogP contribution in [0.1, 0.15) is 58.8 Å². The number of hydrogen-bond donors (Lipinski definition) is 2. The van der Waals surface area contributed by atoms with Crippen molar-refractivity contribution < 1.29 is 4.79 Å². The highest BCUT2D eigenvalue weighted by atomic mass is 16.1. The highest BCUT2D eigenvalue weighted by molar-refractivity contribution is 5.84. The molecule has 2 aliphatic rings. The highest BCUT2D eigenvalue weighted by Crippen LogP contribution is 2.34. The van der Waals surface area contributed by atoms with E-state index in [-0.39, 0.29) is 5.91 Å². The van der Waals surface area contributed by atoms with Crippen molar-refractivity contribution in [2.75, 3.05) is 13.1 Å². The van der Waals surface area contributed by atoms with Crippen LogP contribution in [0.2, 0.25) is 0 Å². The molecular weight excluding hydrogens is 238 g/mol. The van der Waals surface area contributed by atoms with Crippen LogP contribution >= 0.6 is 0 Å². The Morgan fingerprint density at radius 3 is 2.79 bits per heavy atom. The topological polar surface area (TPSA) is 58.4 Å². The SMILES string of the molecule is CCCNC1(C(N)=O)CCCC(N2CCCC2C)C1. The molecule has 1 aliphatic heterocycles. The van der Waals surface area contributed by atoms with Gasteiger partial charge in [-0.05, 0) is 65.0 Å². The molecule has 0 spiro atoms. The second-order valence-corrected chi connectivity index (χ2v) is 6.35. The summed E-state index contributed by atoms with van der Waals surface area (Å²) in [6.45, 7) is 6.51. The summed E-state index contributed by atoms with van der Waals surface area (Å²) >= 11 is 0. The van der Waals surface area contributed by atoms with Crippen LogP contribution in [-0.4, -0.2) is 41.5 Å². The van der Waals surface area contributed by atoms with Crippen LogP contribution in [0.25, 0.3) is 0 Å². The molecule has 3 unspecified atom stereocenters. The molecule has 1 amide bonds. The minimum Gasteiger partial charge on any atom is -0.368 e. The molecule has 3 N–H and O–H groups in total. The van der Waals surface area contributed by atoms with Crippen LogP contribution in [0.3, 0.4) is 0 Å². The lowest BCUT2D eigenvalue weighted by atomic mass is 9.77. The van der Waals surface area contributed by atoms with Gasteiger partial charge in [0, 0.05) is 12.1 Å². The van der Waals surface area contributed by atoms with Gasteiger partial charge >= 0.3 is 0 Å². The summed E-state index contributed by atoms with van der Waals surface area (Å²) < 4.78 is 0. The van der Waals surface area contributed by atoms with Crippen LogP contribution < -0.4 is 11.1 Å². The van der Waals surface area contributed by atoms with E-state index in [4.69, 9.17) is 5.73 Å². The molecule has 1 aliphatic carbocycles. The van der Waals surface area contributed by atoms with E-state index in [2.05, 4.69) is 24.1 Å². The Bertz CT molecular complexity index is 321. The fourth-order valence-corrected chi connectivity index (χ4v) is 3.86. The van der Waals surface area contributed by atoms with E-state index in [1.54, 1.807) is 0 Å². The molecule has 4 heteroatoms. The number of likely N-dealkylation sites (tertiary alicyclic amines) is 1. The first-order valence-electron chi connectivity index (χ1n) is 7.90. The average Bonchev–Trinajstić information content (AvgIpc) is 2.83. The molecule has 0 aromatic rings. The van der Waals surface area contributed by atoms with Gasteiger partial charge in [-0.1, -0.05) is 6.92 Å². The molecule has 0 aromatic carbocycles. The van der Waals surface area contributed by atoms with Gasteiger partial charge < -0.3 is 11.1 Å². The number of carbonyl (C=O) groups excluding carboxylic acids is 1. The smallest absolute Gasteiger partial charge is 0.237 e. The lowest BCUT2D eigenvalue weighted by Gasteiger charge is -2.43. The van der Waals surface area contributed by atoms with Crippen molar-refractivity contribution in [2.24, 2.45) is 5.73 Å². The maximum absolute atomic E-state index is 12.0.